The number of ether oxygens (including phenoxy) is 2. The number of carbonyl (C=O) groups is 1. The van der Waals surface area contributed by atoms with Crippen LogP contribution in [0.1, 0.15) is 68.3 Å². The molecule has 2 N–H and O–H groups in total. The molecule has 0 bridgehead atoms. The summed E-state index contributed by atoms with van der Waals surface area (Å²) in [6, 6.07) is 9.89. The van der Waals surface area contributed by atoms with Crippen LogP contribution in [0.3, 0.4) is 0 Å². The first kappa shape index (κ1) is 23.4. The van der Waals surface area contributed by atoms with Crippen molar-refractivity contribution in [3.05, 3.63) is 59.5 Å². The molecular formula is C27H32N4O4. The van der Waals surface area contributed by atoms with E-state index in [0.717, 1.165) is 67.2 Å². The van der Waals surface area contributed by atoms with E-state index >= 15 is 0 Å². The summed E-state index contributed by atoms with van der Waals surface area (Å²) in [4.78, 5) is 16.2. The second-order valence-electron chi connectivity index (χ2n) is 10.0. The molecule has 1 aliphatic carbocycles. The SMILES string of the molecule is Cc1ccc(Nc2cc(Oc3cn(C4CC4)nc3C3CCOCC3)ccn2)cc1C(C)(C)C(=O)O. The van der Waals surface area contributed by atoms with Crippen molar-refractivity contribution >= 4 is 17.5 Å². The van der Waals surface area contributed by atoms with Crippen LogP contribution in [0.5, 0.6) is 11.5 Å². The quantitative estimate of drug-likeness (QED) is 0.429. The van der Waals surface area contributed by atoms with E-state index in [1.807, 2.05) is 43.5 Å². The van der Waals surface area contributed by atoms with Crippen LogP contribution in [0, 0.1) is 6.92 Å². The van der Waals surface area contributed by atoms with Crippen LogP contribution in [-0.4, -0.2) is 39.1 Å². The first-order valence-electron chi connectivity index (χ1n) is 12.2. The Bertz CT molecular complexity index is 1230. The zero-order valence-electron chi connectivity index (χ0n) is 20.5. The van der Waals surface area contributed by atoms with Gasteiger partial charge >= 0.3 is 5.97 Å². The molecule has 2 fully saturated rings. The number of rotatable bonds is 8. The molecule has 8 nitrogen and oxygen atoms in total. The van der Waals surface area contributed by atoms with Crippen molar-refractivity contribution in [3.8, 4) is 11.5 Å². The van der Waals surface area contributed by atoms with E-state index in [1.165, 1.54) is 0 Å². The highest BCUT2D eigenvalue weighted by atomic mass is 16.5. The predicted octanol–water partition coefficient (Wildman–Crippen LogP) is 5.71. The lowest BCUT2D eigenvalue weighted by molar-refractivity contribution is -0.142. The molecule has 8 heteroatoms. The lowest BCUT2D eigenvalue weighted by Crippen LogP contribution is -2.29. The van der Waals surface area contributed by atoms with Crippen molar-refractivity contribution in [2.75, 3.05) is 18.5 Å². The number of aliphatic carboxylic acids is 1. The summed E-state index contributed by atoms with van der Waals surface area (Å²) in [5.41, 5.74) is 2.47. The summed E-state index contributed by atoms with van der Waals surface area (Å²) in [5, 5.41) is 17.9. The molecule has 2 aliphatic rings. The minimum absolute atomic E-state index is 0.335. The number of aromatic nitrogens is 3. The maximum absolute atomic E-state index is 11.8. The summed E-state index contributed by atoms with van der Waals surface area (Å²) in [6.45, 7) is 6.86. The summed E-state index contributed by atoms with van der Waals surface area (Å²) < 4.78 is 13.9. The standard InChI is InChI=1S/C27H32N4O4/c1-17-4-5-19(14-22(17)27(2,3)26(32)33)29-24-15-21(8-11-28-24)35-23-16-31(20-6-7-20)30-25(23)18-9-12-34-13-10-18/h4-5,8,11,14-16,18,20H,6-7,9-10,12-13H2,1-3H3,(H,28,29)(H,32,33). The van der Waals surface area contributed by atoms with E-state index in [2.05, 4.69) is 15.0 Å². The van der Waals surface area contributed by atoms with Gasteiger partial charge in [0, 0.05) is 37.1 Å². The van der Waals surface area contributed by atoms with E-state index in [9.17, 15) is 9.90 Å². The summed E-state index contributed by atoms with van der Waals surface area (Å²) in [5.74, 6) is 1.55. The molecule has 0 spiro atoms. The predicted molar refractivity (Wildman–Crippen MR) is 133 cm³/mol. The van der Waals surface area contributed by atoms with Crippen molar-refractivity contribution in [1.29, 1.82) is 0 Å². The second-order valence-corrected chi connectivity index (χ2v) is 10.0. The van der Waals surface area contributed by atoms with Gasteiger partial charge < -0.3 is 19.9 Å². The number of hydrogen-bond donors (Lipinski definition) is 2. The van der Waals surface area contributed by atoms with Gasteiger partial charge in [0.15, 0.2) is 5.75 Å². The zero-order chi connectivity index (χ0) is 24.6. The number of nitrogens with one attached hydrogen (secondary N) is 1. The Morgan fingerprint density at radius 3 is 2.66 bits per heavy atom. The van der Waals surface area contributed by atoms with Gasteiger partial charge in [0.1, 0.15) is 17.3 Å². The Morgan fingerprint density at radius 2 is 1.94 bits per heavy atom. The van der Waals surface area contributed by atoms with E-state index in [1.54, 1.807) is 20.0 Å². The van der Waals surface area contributed by atoms with Crippen LogP contribution in [0.4, 0.5) is 11.5 Å². The van der Waals surface area contributed by atoms with Gasteiger partial charge in [0.2, 0.25) is 0 Å². The molecule has 2 aromatic heterocycles. The highest BCUT2D eigenvalue weighted by Gasteiger charge is 2.31. The van der Waals surface area contributed by atoms with Crippen molar-refractivity contribution in [3.63, 3.8) is 0 Å². The van der Waals surface area contributed by atoms with Gasteiger partial charge in [0.05, 0.1) is 17.7 Å². The van der Waals surface area contributed by atoms with Crippen LogP contribution >= 0.6 is 0 Å². The van der Waals surface area contributed by atoms with Gasteiger partial charge in [0.25, 0.3) is 0 Å². The van der Waals surface area contributed by atoms with Crippen molar-refractivity contribution in [1.82, 2.24) is 14.8 Å². The fraction of sp³-hybridized carbons (Fsp3) is 0.444. The van der Waals surface area contributed by atoms with Crippen molar-refractivity contribution in [2.45, 2.75) is 63.8 Å². The number of aryl methyl sites for hydroxylation is 1. The lowest BCUT2D eigenvalue weighted by Gasteiger charge is -2.23. The average molecular weight is 477 g/mol. The van der Waals surface area contributed by atoms with Crippen LogP contribution in [0.25, 0.3) is 0 Å². The van der Waals surface area contributed by atoms with Gasteiger partial charge in [-0.1, -0.05) is 6.07 Å². The van der Waals surface area contributed by atoms with Gasteiger partial charge in [-0.05, 0) is 75.8 Å². The monoisotopic (exact) mass is 476 g/mol. The molecule has 1 saturated carbocycles. The highest BCUT2D eigenvalue weighted by Crippen LogP contribution is 2.40. The van der Waals surface area contributed by atoms with Crippen LogP contribution in [0.2, 0.25) is 0 Å². The fourth-order valence-corrected chi connectivity index (χ4v) is 4.55. The topological polar surface area (TPSA) is 98.5 Å². The normalized spacial score (nSPS) is 16.8. The van der Waals surface area contributed by atoms with Crippen LogP contribution in [0.15, 0.2) is 42.7 Å². The van der Waals surface area contributed by atoms with Crippen LogP contribution in [-0.2, 0) is 14.9 Å². The first-order chi connectivity index (χ1) is 16.8. The summed E-state index contributed by atoms with van der Waals surface area (Å²) in [7, 11) is 0. The lowest BCUT2D eigenvalue weighted by atomic mass is 9.82. The fourth-order valence-electron chi connectivity index (χ4n) is 4.55. The minimum atomic E-state index is -0.998. The Balaban J connectivity index is 1.37. The first-order valence-corrected chi connectivity index (χ1v) is 12.2. The van der Waals surface area contributed by atoms with Gasteiger partial charge in [-0.3, -0.25) is 9.48 Å². The maximum Gasteiger partial charge on any atom is 0.313 e. The second kappa shape index (κ2) is 9.34. The summed E-state index contributed by atoms with van der Waals surface area (Å²) in [6.07, 6.45) is 7.95. The number of carboxylic acids is 1. The number of hydrogen-bond acceptors (Lipinski definition) is 6. The Hall–Kier alpha value is -3.39. The van der Waals surface area contributed by atoms with E-state index < -0.39 is 11.4 Å². The number of pyridine rings is 1. The zero-order valence-corrected chi connectivity index (χ0v) is 20.5. The molecule has 3 aromatic rings. The Labute approximate surface area is 205 Å². The number of anilines is 2. The summed E-state index contributed by atoms with van der Waals surface area (Å²) >= 11 is 0. The van der Waals surface area contributed by atoms with E-state index in [0.29, 0.717) is 23.5 Å². The third-order valence-electron chi connectivity index (χ3n) is 6.93. The molecule has 1 saturated heterocycles. The molecule has 0 amide bonds. The highest BCUT2D eigenvalue weighted by molar-refractivity contribution is 5.81. The third kappa shape index (κ3) is 5.03. The number of benzene rings is 1. The molecule has 1 aromatic carbocycles. The molecule has 184 valence electrons. The molecule has 1 aliphatic heterocycles. The minimum Gasteiger partial charge on any atom is -0.481 e. The van der Waals surface area contributed by atoms with Gasteiger partial charge in [-0.2, -0.15) is 5.10 Å². The third-order valence-corrected chi connectivity index (χ3v) is 6.93. The molecule has 0 atom stereocenters. The molecule has 35 heavy (non-hydrogen) atoms. The van der Waals surface area contributed by atoms with E-state index in [4.69, 9.17) is 14.6 Å². The largest absolute Gasteiger partial charge is 0.481 e. The van der Waals surface area contributed by atoms with Crippen LogP contribution < -0.4 is 10.1 Å². The average Bonchev–Trinajstić information content (AvgIpc) is 3.61. The number of carboxylic acid groups (broad SMARTS) is 1. The Kier molecular flexibility index (Phi) is 6.23. The molecule has 0 radical (unpaired) electrons. The molecule has 3 heterocycles. The van der Waals surface area contributed by atoms with Crippen molar-refractivity contribution < 1.29 is 19.4 Å². The smallest absolute Gasteiger partial charge is 0.313 e. The van der Waals surface area contributed by atoms with E-state index in [-0.39, 0.29) is 0 Å². The number of nitrogens with zero attached hydrogens (tertiary/aromatic N) is 3. The molecule has 5 rings (SSSR count). The maximum atomic E-state index is 11.8. The Morgan fingerprint density at radius 1 is 1.17 bits per heavy atom. The van der Waals surface area contributed by atoms with Gasteiger partial charge in [-0.15, -0.1) is 0 Å². The molecular weight excluding hydrogens is 444 g/mol. The van der Waals surface area contributed by atoms with Crippen molar-refractivity contribution in [2.24, 2.45) is 0 Å². The van der Waals surface area contributed by atoms with Gasteiger partial charge in [-0.25, -0.2) is 4.98 Å². The molecule has 0 unspecified atom stereocenters.